The quantitative estimate of drug-likeness (QED) is 0.743. The van der Waals surface area contributed by atoms with Crippen LogP contribution in [0.25, 0.3) is 0 Å². The molecule has 2 fully saturated rings. The van der Waals surface area contributed by atoms with Crippen LogP contribution in [0.4, 0.5) is 0 Å². The third kappa shape index (κ3) is 2.32. The van der Waals surface area contributed by atoms with E-state index in [2.05, 4.69) is 0 Å². The summed E-state index contributed by atoms with van der Waals surface area (Å²) in [5.41, 5.74) is 0.979. The molecule has 1 aromatic carbocycles. The maximum atomic E-state index is 11.7. The van der Waals surface area contributed by atoms with Gasteiger partial charge in [-0.2, -0.15) is 0 Å². The molecule has 1 atom stereocenters. The van der Waals surface area contributed by atoms with E-state index < -0.39 is 5.79 Å². The highest BCUT2D eigenvalue weighted by molar-refractivity contribution is 5.85. The maximum Gasteiger partial charge on any atom is 0.195 e. The lowest BCUT2D eigenvalue weighted by atomic mass is 9.98. The topological polar surface area (TPSA) is 48.1 Å². The van der Waals surface area contributed by atoms with Gasteiger partial charge in [-0.05, 0) is 0 Å². The van der Waals surface area contributed by atoms with Crippen LogP contribution in [0.15, 0.2) is 30.3 Å². The number of epoxide rings is 1. The summed E-state index contributed by atoms with van der Waals surface area (Å²) in [7, 11) is 0. The molecule has 0 saturated carbocycles. The van der Waals surface area contributed by atoms with Gasteiger partial charge in [-0.3, -0.25) is 4.79 Å². The van der Waals surface area contributed by atoms with Crippen molar-refractivity contribution in [3.8, 4) is 0 Å². The Morgan fingerprint density at radius 3 is 2.50 bits per heavy atom. The summed E-state index contributed by atoms with van der Waals surface area (Å²) in [5.74, 6) is -0.601. The Morgan fingerprint density at radius 1 is 1.22 bits per heavy atom. The van der Waals surface area contributed by atoms with E-state index >= 15 is 0 Å². The molecule has 0 bridgehead atoms. The number of ketones is 1. The third-order valence-corrected chi connectivity index (χ3v) is 3.36. The minimum Gasteiger partial charge on any atom is -0.365 e. The second kappa shape index (κ2) is 4.80. The third-order valence-electron chi connectivity index (χ3n) is 3.36. The number of benzene rings is 1. The molecule has 3 rings (SSSR count). The number of ether oxygens (including phenoxy) is 3. The molecule has 4 heteroatoms. The van der Waals surface area contributed by atoms with Gasteiger partial charge >= 0.3 is 0 Å². The van der Waals surface area contributed by atoms with Gasteiger partial charge in [0.1, 0.15) is 6.10 Å². The van der Waals surface area contributed by atoms with Crippen LogP contribution >= 0.6 is 0 Å². The molecule has 0 aliphatic carbocycles. The Balaban J connectivity index is 1.72. The molecule has 4 nitrogen and oxygen atoms in total. The Morgan fingerprint density at radius 2 is 1.89 bits per heavy atom. The number of hydrogen-bond donors (Lipinski definition) is 0. The summed E-state index contributed by atoms with van der Waals surface area (Å²) in [4.78, 5) is 11.7. The van der Waals surface area contributed by atoms with Crippen LogP contribution in [-0.4, -0.2) is 31.7 Å². The number of hydrogen-bond acceptors (Lipinski definition) is 4. The Bertz CT molecular complexity index is 419. The Hall–Kier alpha value is -1.23. The van der Waals surface area contributed by atoms with E-state index in [-0.39, 0.29) is 11.9 Å². The number of carbonyl (C=O) groups excluding carboxylic acids is 1. The lowest BCUT2D eigenvalue weighted by Gasteiger charge is -2.27. The normalized spacial score (nSPS) is 25.0. The molecule has 0 N–H and O–H groups in total. The number of carbonyl (C=O) groups is 1. The van der Waals surface area contributed by atoms with E-state index in [4.69, 9.17) is 14.2 Å². The first-order chi connectivity index (χ1) is 8.80. The summed E-state index contributed by atoms with van der Waals surface area (Å²) in [5, 5.41) is 0. The van der Waals surface area contributed by atoms with Crippen molar-refractivity contribution in [2.75, 3.05) is 19.8 Å². The molecule has 2 heterocycles. The first-order valence-corrected chi connectivity index (χ1v) is 6.28. The predicted molar refractivity (Wildman–Crippen MR) is 64.0 cm³/mol. The first-order valence-electron chi connectivity index (χ1n) is 6.28. The van der Waals surface area contributed by atoms with Gasteiger partial charge in [0, 0.05) is 18.4 Å². The molecule has 0 aromatic heterocycles. The van der Waals surface area contributed by atoms with Crippen LogP contribution in [0, 0.1) is 0 Å². The summed E-state index contributed by atoms with van der Waals surface area (Å²) in [6, 6.07) is 9.81. The van der Waals surface area contributed by atoms with Gasteiger partial charge in [-0.15, -0.1) is 0 Å². The molecule has 2 aliphatic heterocycles. The molecule has 0 unspecified atom stereocenters. The van der Waals surface area contributed by atoms with Crippen molar-refractivity contribution in [2.45, 2.75) is 24.7 Å². The zero-order valence-corrected chi connectivity index (χ0v) is 10.1. The molecule has 0 radical (unpaired) electrons. The maximum absolute atomic E-state index is 11.7. The van der Waals surface area contributed by atoms with Crippen LogP contribution in [0.1, 0.15) is 18.4 Å². The lowest BCUT2D eigenvalue weighted by Crippen LogP contribution is -2.28. The smallest absolute Gasteiger partial charge is 0.195 e. The highest BCUT2D eigenvalue weighted by atomic mass is 16.7. The van der Waals surface area contributed by atoms with Crippen molar-refractivity contribution >= 4 is 5.78 Å². The van der Waals surface area contributed by atoms with Crippen molar-refractivity contribution in [1.82, 2.24) is 0 Å². The minimum atomic E-state index is -0.744. The standard InChI is InChI=1S/C14H16O4/c15-12(13-10-16-13)6-7-14(17-8-9-18-14)11-4-2-1-3-5-11/h1-5,13H,6-10H2/t13-/m1/s1. The largest absolute Gasteiger partial charge is 0.365 e. The Labute approximate surface area is 106 Å². The van der Waals surface area contributed by atoms with E-state index in [1.807, 2.05) is 30.3 Å². The molecule has 96 valence electrons. The van der Waals surface area contributed by atoms with Crippen LogP contribution < -0.4 is 0 Å². The van der Waals surface area contributed by atoms with Gasteiger partial charge in [0.25, 0.3) is 0 Å². The van der Waals surface area contributed by atoms with Gasteiger partial charge in [0.05, 0.1) is 19.8 Å². The zero-order chi connectivity index (χ0) is 12.4. The van der Waals surface area contributed by atoms with Gasteiger partial charge in [0.15, 0.2) is 11.6 Å². The van der Waals surface area contributed by atoms with Gasteiger partial charge < -0.3 is 14.2 Å². The van der Waals surface area contributed by atoms with E-state index in [0.29, 0.717) is 32.7 Å². The van der Waals surface area contributed by atoms with E-state index in [1.54, 1.807) is 0 Å². The van der Waals surface area contributed by atoms with Crippen LogP contribution in [0.5, 0.6) is 0 Å². The van der Waals surface area contributed by atoms with E-state index in [0.717, 1.165) is 5.56 Å². The molecule has 18 heavy (non-hydrogen) atoms. The summed E-state index contributed by atoms with van der Waals surface area (Å²) < 4.78 is 16.5. The summed E-state index contributed by atoms with van der Waals surface area (Å²) in [6.07, 6.45) is 0.800. The second-order valence-corrected chi connectivity index (χ2v) is 4.60. The monoisotopic (exact) mass is 248 g/mol. The van der Waals surface area contributed by atoms with Crippen LogP contribution in [0.2, 0.25) is 0 Å². The summed E-state index contributed by atoms with van der Waals surface area (Å²) in [6.45, 7) is 1.71. The van der Waals surface area contributed by atoms with Crippen molar-refractivity contribution in [2.24, 2.45) is 0 Å². The lowest BCUT2D eigenvalue weighted by molar-refractivity contribution is -0.173. The fraction of sp³-hybridized carbons (Fsp3) is 0.500. The van der Waals surface area contributed by atoms with E-state index in [1.165, 1.54) is 0 Å². The number of rotatable bonds is 5. The molecule has 0 spiro atoms. The van der Waals surface area contributed by atoms with Crippen molar-refractivity contribution in [3.63, 3.8) is 0 Å². The molecular weight excluding hydrogens is 232 g/mol. The predicted octanol–water partition coefficient (Wildman–Crippen LogP) is 1.63. The fourth-order valence-electron chi connectivity index (χ4n) is 2.28. The van der Waals surface area contributed by atoms with E-state index in [9.17, 15) is 4.79 Å². The fourth-order valence-corrected chi connectivity index (χ4v) is 2.28. The van der Waals surface area contributed by atoms with Crippen LogP contribution in [0.3, 0.4) is 0 Å². The summed E-state index contributed by atoms with van der Waals surface area (Å²) >= 11 is 0. The van der Waals surface area contributed by atoms with Crippen molar-refractivity contribution in [3.05, 3.63) is 35.9 Å². The van der Waals surface area contributed by atoms with Gasteiger partial charge in [-0.1, -0.05) is 30.3 Å². The second-order valence-electron chi connectivity index (χ2n) is 4.60. The zero-order valence-electron chi connectivity index (χ0n) is 10.1. The minimum absolute atomic E-state index is 0.143. The van der Waals surface area contributed by atoms with Gasteiger partial charge in [-0.25, -0.2) is 0 Å². The average Bonchev–Trinajstić information content (AvgIpc) is 3.16. The Kier molecular flexibility index (Phi) is 3.16. The highest BCUT2D eigenvalue weighted by Gasteiger charge is 2.40. The van der Waals surface area contributed by atoms with Crippen molar-refractivity contribution in [1.29, 1.82) is 0 Å². The SMILES string of the molecule is O=C(CCC1(c2ccccc2)OCCO1)[C@H]1CO1. The molecular formula is C14H16O4. The highest BCUT2D eigenvalue weighted by Crippen LogP contribution is 2.36. The molecule has 2 saturated heterocycles. The molecule has 1 aromatic rings. The van der Waals surface area contributed by atoms with Crippen molar-refractivity contribution < 1.29 is 19.0 Å². The molecule has 2 aliphatic rings. The first kappa shape index (κ1) is 11.8. The van der Waals surface area contributed by atoms with Crippen LogP contribution in [-0.2, 0) is 24.8 Å². The number of Topliss-reactive ketones (excluding diaryl/α,β-unsaturated/α-hetero) is 1. The molecule has 0 amide bonds. The average molecular weight is 248 g/mol. The van der Waals surface area contributed by atoms with Gasteiger partial charge in [0.2, 0.25) is 0 Å².